The third-order valence-corrected chi connectivity index (χ3v) is 7.37. The number of nitrogens with zero attached hydrogens (tertiary/aromatic N) is 6. The Morgan fingerprint density at radius 3 is 2.30 bits per heavy atom. The number of carbonyl (C=O) groups is 1. The normalized spacial score (nSPS) is 13.5. The predicted octanol–water partition coefficient (Wildman–Crippen LogP) is 2.18. The third-order valence-electron chi connectivity index (χ3n) is 7.01. The fraction of sp³-hybridized carbons (Fsp3) is 0.321. The maximum atomic E-state index is 13.2. The van der Waals surface area contributed by atoms with Crippen LogP contribution >= 0.6 is 12.2 Å². The van der Waals surface area contributed by atoms with Gasteiger partial charge in [-0.25, -0.2) is 9.59 Å². The SMILES string of the molecule is CCOC(=O)c1ccc(NC(=S)N2CCN(c3nc4c(c(=O)n(C)c(=O)n4C)n3Cc3ccccc3)CC2)cc1. The summed E-state index contributed by atoms with van der Waals surface area (Å²) in [5.74, 6) is 0.286. The summed E-state index contributed by atoms with van der Waals surface area (Å²) in [6.07, 6.45) is 0. The molecule has 0 atom stereocenters. The number of piperazine rings is 1. The van der Waals surface area contributed by atoms with E-state index in [2.05, 4.69) is 15.1 Å². The minimum Gasteiger partial charge on any atom is -0.462 e. The zero-order valence-electron chi connectivity index (χ0n) is 22.7. The summed E-state index contributed by atoms with van der Waals surface area (Å²) in [5, 5.41) is 3.82. The molecule has 1 aliphatic rings. The topological polar surface area (TPSA) is 107 Å². The number of esters is 1. The van der Waals surface area contributed by atoms with Crippen LogP contribution in [0.2, 0.25) is 0 Å². The van der Waals surface area contributed by atoms with Crippen LogP contribution in [0.25, 0.3) is 11.2 Å². The highest BCUT2D eigenvalue weighted by Crippen LogP contribution is 2.23. The van der Waals surface area contributed by atoms with Crippen LogP contribution in [0.3, 0.4) is 0 Å². The maximum Gasteiger partial charge on any atom is 0.338 e. The van der Waals surface area contributed by atoms with Crippen LogP contribution in [-0.2, 0) is 25.4 Å². The third kappa shape index (κ3) is 5.22. The number of aromatic nitrogens is 4. The summed E-state index contributed by atoms with van der Waals surface area (Å²) in [4.78, 5) is 46.7. The Kier molecular flexibility index (Phi) is 7.69. The number of imidazole rings is 1. The van der Waals surface area contributed by atoms with Crippen LogP contribution in [-0.4, -0.2) is 67.5 Å². The second-order valence-corrected chi connectivity index (χ2v) is 9.95. The molecule has 0 unspecified atom stereocenters. The van der Waals surface area contributed by atoms with E-state index in [1.807, 2.05) is 34.9 Å². The molecule has 2 aromatic heterocycles. The second-order valence-electron chi connectivity index (χ2n) is 9.56. The van der Waals surface area contributed by atoms with Gasteiger partial charge in [0.1, 0.15) is 0 Å². The molecule has 0 saturated carbocycles. The van der Waals surface area contributed by atoms with E-state index in [0.717, 1.165) is 15.8 Å². The highest BCUT2D eigenvalue weighted by Gasteiger charge is 2.26. The lowest BCUT2D eigenvalue weighted by atomic mass is 10.2. The number of hydrogen-bond acceptors (Lipinski definition) is 7. The van der Waals surface area contributed by atoms with Gasteiger partial charge in [-0.05, 0) is 49.0 Å². The van der Waals surface area contributed by atoms with Gasteiger partial charge in [-0.1, -0.05) is 30.3 Å². The summed E-state index contributed by atoms with van der Waals surface area (Å²) in [6.45, 7) is 5.06. The molecule has 0 spiro atoms. The molecule has 1 saturated heterocycles. The van der Waals surface area contributed by atoms with Gasteiger partial charge in [0.25, 0.3) is 5.56 Å². The molecular weight excluding hydrogens is 530 g/mol. The quantitative estimate of drug-likeness (QED) is 0.280. The van der Waals surface area contributed by atoms with E-state index >= 15 is 0 Å². The molecule has 1 N–H and O–H groups in total. The van der Waals surface area contributed by atoms with E-state index in [4.69, 9.17) is 21.9 Å². The van der Waals surface area contributed by atoms with Gasteiger partial charge in [-0.3, -0.25) is 18.5 Å². The van der Waals surface area contributed by atoms with Crippen LogP contribution in [0.1, 0.15) is 22.8 Å². The molecule has 11 nitrogen and oxygen atoms in total. The standard InChI is InChI=1S/C28H31N7O4S/c1-4-39-25(37)20-10-12-21(13-11-20)29-27(40)34-16-14-33(15-17-34)26-30-23-22(24(36)32(3)28(38)31(23)2)35(26)18-19-8-6-5-7-9-19/h5-13H,4,14-18H2,1-3H3,(H,29,40). The average molecular weight is 562 g/mol. The number of thiocarbonyl (C=S) groups is 1. The van der Waals surface area contributed by atoms with E-state index in [1.165, 1.54) is 11.6 Å². The number of anilines is 2. The monoisotopic (exact) mass is 561 g/mol. The number of aryl methyl sites for hydroxylation is 1. The molecule has 0 radical (unpaired) electrons. The van der Waals surface area contributed by atoms with Gasteiger partial charge in [-0.15, -0.1) is 0 Å². The molecule has 0 bridgehead atoms. The molecular formula is C28H31N7O4S. The summed E-state index contributed by atoms with van der Waals surface area (Å²) in [6, 6.07) is 16.9. The van der Waals surface area contributed by atoms with E-state index in [0.29, 0.717) is 67.1 Å². The molecule has 0 amide bonds. The van der Waals surface area contributed by atoms with E-state index in [-0.39, 0.29) is 11.5 Å². The molecule has 2 aromatic carbocycles. The highest BCUT2D eigenvalue weighted by molar-refractivity contribution is 7.80. The van der Waals surface area contributed by atoms with Crippen LogP contribution in [0, 0.1) is 0 Å². The van der Waals surface area contributed by atoms with Gasteiger partial charge in [0.05, 0.1) is 18.7 Å². The van der Waals surface area contributed by atoms with E-state index in [9.17, 15) is 14.4 Å². The Balaban J connectivity index is 1.35. The lowest BCUT2D eigenvalue weighted by molar-refractivity contribution is 0.0526. The summed E-state index contributed by atoms with van der Waals surface area (Å²) >= 11 is 5.67. The molecule has 5 rings (SSSR count). The number of carbonyl (C=O) groups excluding carboxylic acids is 1. The molecule has 12 heteroatoms. The number of hydrogen-bond donors (Lipinski definition) is 1. The van der Waals surface area contributed by atoms with Crippen molar-refractivity contribution in [3.8, 4) is 0 Å². The number of benzene rings is 2. The summed E-state index contributed by atoms with van der Waals surface area (Å²) < 4.78 is 9.48. The maximum absolute atomic E-state index is 13.2. The molecule has 4 aromatic rings. The fourth-order valence-corrected chi connectivity index (χ4v) is 5.11. The van der Waals surface area contributed by atoms with Gasteiger partial charge >= 0.3 is 11.7 Å². The lowest BCUT2D eigenvalue weighted by Crippen LogP contribution is -2.50. The van der Waals surface area contributed by atoms with Crippen molar-refractivity contribution in [1.82, 2.24) is 23.6 Å². The first-order chi connectivity index (χ1) is 19.3. The van der Waals surface area contributed by atoms with Gasteiger partial charge in [0, 0.05) is 46.0 Å². The molecule has 40 heavy (non-hydrogen) atoms. The zero-order chi connectivity index (χ0) is 28.4. The first-order valence-electron chi connectivity index (χ1n) is 13.1. The highest BCUT2D eigenvalue weighted by atomic mass is 32.1. The number of rotatable bonds is 6. The van der Waals surface area contributed by atoms with Gasteiger partial charge < -0.3 is 19.9 Å². The van der Waals surface area contributed by atoms with Crippen LogP contribution in [0.4, 0.5) is 11.6 Å². The van der Waals surface area contributed by atoms with Crippen molar-refractivity contribution in [3.05, 3.63) is 86.6 Å². The summed E-state index contributed by atoms with van der Waals surface area (Å²) in [7, 11) is 3.12. The van der Waals surface area contributed by atoms with Gasteiger partial charge in [0.15, 0.2) is 16.3 Å². The Hall–Kier alpha value is -4.45. The fourth-order valence-electron chi connectivity index (χ4n) is 4.81. The number of nitrogens with one attached hydrogen (secondary N) is 1. The number of fused-ring (bicyclic) bond motifs is 1. The van der Waals surface area contributed by atoms with Crippen molar-refractivity contribution in [2.24, 2.45) is 14.1 Å². The Bertz CT molecular complexity index is 1670. The van der Waals surface area contributed by atoms with Crippen molar-refractivity contribution < 1.29 is 9.53 Å². The van der Waals surface area contributed by atoms with Crippen molar-refractivity contribution in [2.45, 2.75) is 13.5 Å². The van der Waals surface area contributed by atoms with Crippen molar-refractivity contribution in [1.29, 1.82) is 0 Å². The van der Waals surface area contributed by atoms with Crippen molar-refractivity contribution in [2.75, 3.05) is 43.0 Å². The van der Waals surface area contributed by atoms with E-state index < -0.39 is 5.69 Å². The largest absolute Gasteiger partial charge is 0.462 e. The van der Waals surface area contributed by atoms with E-state index in [1.54, 1.807) is 38.2 Å². The van der Waals surface area contributed by atoms with Crippen molar-refractivity contribution >= 4 is 46.1 Å². The Labute approximate surface area is 236 Å². The molecule has 3 heterocycles. The van der Waals surface area contributed by atoms with Gasteiger partial charge in [-0.2, -0.15) is 4.98 Å². The smallest absolute Gasteiger partial charge is 0.338 e. The zero-order valence-corrected chi connectivity index (χ0v) is 23.5. The van der Waals surface area contributed by atoms with Crippen LogP contribution < -0.4 is 21.5 Å². The minimum absolute atomic E-state index is 0.326. The van der Waals surface area contributed by atoms with Crippen LogP contribution in [0.15, 0.2) is 64.2 Å². The van der Waals surface area contributed by atoms with Crippen LogP contribution in [0.5, 0.6) is 0 Å². The van der Waals surface area contributed by atoms with Crippen molar-refractivity contribution in [3.63, 3.8) is 0 Å². The predicted molar refractivity (Wildman–Crippen MR) is 158 cm³/mol. The molecule has 1 fully saturated rings. The number of ether oxygens (including phenoxy) is 1. The first kappa shape index (κ1) is 27.1. The lowest BCUT2D eigenvalue weighted by Gasteiger charge is -2.36. The average Bonchev–Trinajstić information content (AvgIpc) is 3.35. The molecule has 0 aliphatic carbocycles. The minimum atomic E-state index is -0.412. The van der Waals surface area contributed by atoms with Gasteiger partial charge in [0.2, 0.25) is 5.95 Å². The Morgan fingerprint density at radius 1 is 0.975 bits per heavy atom. The molecule has 208 valence electrons. The molecule has 1 aliphatic heterocycles. The summed E-state index contributed by atoms with van der Waals surface area (Å²) in [5.41, 5.74) is 2.27. The Morgan fingerprint density at radius 2 is 1.65 bits per heavy atom. The second kappa shape index (κ2) is 11.3. The first-order valence-corrected chi connectivity index (χ1v) is 13.5.